The van der Waals surface area contributed by atoms with Crippen molar-refractivity contribution >= 4 is 17.3 Å². The van der Waals surface area contributed by atoms with E-state index in [0.29, 0.717) is 11.4 Å². The summed E-state index contributed by atoms with van der Waals surface area (Å²) in [5.41, 5.74) is 6.56. The molecule has 1 aromatic carbocycles. The SMILES string of the molecule is CN(c1ccc(/C(N)=N/O)cc1)c1ncc[nH]c1=O. The van der Waals surface area contributed by atoms with Crippen LogP contribution in [-0.4, -0.2) is 28.1 Å². The largest absolute Gasteiger partial charge is 0.409 e. The molecule has 0 spiro atoms. The fraction of sp³-hybridized carbons (Fsp3) is 0.0833. The molecule has 0 aliphatic rings. The molecule has 1 heterocycles. The van der Waals surface area contributed by atoms with Crippen LogP contribution in [0, 0.1) is 0 Å². The lowest BCUT2D eigenvalue weighted by molar-refractivity contribution is 0.318. The van der Waals surface area contributed by atoms with Crippen molar-refractivity contribution in [2.45, 2.75) is 0 Å². The minimum Gasteiger partial charge on any atom is -0.409 e. The summed E-state index contributed by atoms with van der Waals surface area (Å²) in [6, 6.07) is 6.89. The molecule has 2 rings (SSSR count). The summed E-state index contributed by atoms with van der Waals surface area (Å²) in [6.45, 7) is 0. The van der Waals surface area contributed by atoms with Crippen LogP contribution in [0.3, 0.4) is 0 Å². The molecular formula is C12H13N5O2. The van der Waals surface area contributed by atoms with Gasteiger partial charge in [0, 0.05) is 30.7 Å². The topological polar surface area (TPSA) is 108 Å². The molecule has 0 aliphatic carbocycles. The molecule has 7 heteroatoms. The van der Waals surface area contributed by atoms with E-state index in [4.69, 9.17) is 10.9 Å². The molecule has 2 aromatic rings. The number of oxime groups is 1. The van der Waals surface area contributed by atoms with Crippen molar-refractivity contribution in [1.82, 2.24) is 9.97 Å². The monoisotopic (exact) mass is 259 g/mol. The van der Waals surface area contributed by atoms with E-state index in [1.165, 1.54) is 12.4 Å². The standard InChI is InChI=1S/C12H13N5O2/c1-17(11-12(18)15-7-6-14-11)9-4-2-8(3-5-9)10(13)16-19/h2-7,19H,1H3,(H2,13,16)(H,15,18). The van der Waals surface area contributed by atoms with Crippen LogP contribution in [0.25, 0.3) is 0 Å². The number of rotatable bonds is 3. The van der Waals surface area contributed by atoms with Crippen LogP contribution in [0.1, 0.15) is 5.56 Å². The first-order valence-corrected chi connectivity index (χ1v) is 5.49. The number of nitrogens with zero attached hydrogens (tertiary/aromatic N) is 3. The second kappa shape index (κ2) is 5.21. The minimum absolute atomic E-state index is 0.0323. The van der Waals surface area contributed by atoms with Crippen molar-refractivity contribution in [3.8, 4) is 0 Å². The Morgan fingerprint density at radius 2 is 2.11 bits per heavy atom. The molecule has 98 valence electrons. The maximum Gasteiger partial charge on any atom is 0.291 e. The molecule has 0 saturated carbocycles. The number of hydrogen-bond donors (Lipinski definition) is 3. The van der Waals surface area contributed by atoms with Crippen LogP contribution >= 0.6 is 0 Å². The molecular weight excluding hydrogens is 246 g/mol. The van der Waals surface area contributed by atoms with Gasteiger partial charge < -0.3 is 20.8 Å². The summed E-state index contributed by atoms with van der Waals surface area (Å²) in [5.74, 6) is 0.323. The molecule has 0 fully saturated rings. The molecule has 19 heavy (non-hydrogen) atoms. The Morgan fingerprint density at radius 1 is 1.42 bits per heavy atom. The number of hydrogen-bond acceptors (Lipinski definition) is 5. The van der Waals surface area contributed by atoms with Gasteiger partial charge in [-0.2, -0.15) is 0 Å². The summed E-state index contributed by atoms with van der Waals surface area (Å²) < 4.78 is 0. The fourth-order valence-electron chi connectivity index (χ4n) is 1.62. The predicted octanol–water partition coefficient (Wildman–Crippen LogP) is 0.632. The van der Waals surface area contributed by atoms with Crippen molar-refractivity contribution in [3.63, 3.8) is 0 Å². The van der Waals surface area contributed by atoms with Crippen LogP contribution in [0.5, 0.6) is 0 Å². The van der Waals surface area contributed by atoms with Gasteiger partial charge in [-0.15, -0.1) is 0 Å². The molecule has 0 amide bonds. The Bertz CT molecular complexity index is 648. The summed E-state index contributed by atoms with van der Waals surface area (Å²) in [7, 11) is 1.73. The van der Waals surface area contributed by atoms with Crippen molar-refractivity contribution in [1.29, 1.82) is 0 Å². The zero-order chi connectivity index (χ0) is 13.8. The number of amidine groups is 1. The molecule has 0 unspecified atom stereocenters. The van der Waals surface area contributed by atoms with E-state index < -0.39 is 0 Å². The first kappa shape index (κ1) is 12.6. The first-order chi connectivity index (χ1) is 9.13. The first-order valence-electron chi connectivity index (χ1n) is 5.49. The molecule has 1 aromatic heterocycles. The number of benzene rings is 1. The Labute approximate surface area is 109 Å². The minimum atomic E-state index is -0.273. The zero-order valence-electron chi connectivity index (χ0n) is 10.2. The van der Waals surface area contributed by atoms with E-state index in [1.807, 2.05) is 0 Å². The van der Waals surface area contributed by atoms with Gasteiger partial charge in [-0.05, 0) is 24.3 Å². The van der Waals surface area contributed by atoms with E-state index in [2.05, 4.69) is 15.1 Å². The summed E-state index contributed by atoms with van der Waals surface area (Å²) in [4.78, 5) is 19.9. The molecule has 0 atom stereocenters. The zero-order valence-corrected chi connectivity index (χ0v) is 10.2. The molecule has 7 nitrogen and oxygen atoms in total. The Morgan fingerprint density at radius 3 is 2.68 bits per heavy atom. The normalized spacial score (nSPS) is 11.3. The summed E-state index contributed by atoms with van der Waals surface area (Å²) >= 11 is 0. The fourth-order valence-corrected chi connectivity index (χ4v) is 1.62. The quantitative estimate of drug-likeness (QED) is 0.324. The van der Waals surface area contributed by atoms with Crippen molar-refractivity contribution in [3.05, 3.63) is 52.6 Å². The maximum atomic E-state index is 11.6. The van der Waals surface area contributed by atoms with Crippen LogP contribution < -0.4 is 16.2 Å². The van der Waals surface area contributed by atoms with Crippen molar-refractivity contribution in [2.24, 2.45) is 10.9 Å². The highest BCUT2D eigenvalue weighted by molar-refractivity contribution is 5.97. The smallest absolute Gasteiger partial charge is 0.291 e. The van der Waals surface area contributed by atoms with Gasteiger partial charge >= 0.3 is 0 Å². The van der Waals surface area contributed by atoms with Gasteiger partial charge in [0.2, 0.25) is 0 Å². The van der Waals surface area contributed by atoms with Crippen LogP contribution in [0.4, 0.5) is 11.5 Å². The van der Waals surface area contributed by atoms with Gasteiger partial charge in [-0.25, -0.2) is 4.98 Å². The van der Waals surface area contributed by atoms with E-state index >= 15 is 0 Å². The number of aromatic nitrogens is 2. The van der Waals surface area contributed by atoms with Crippen LogP contribution in [0.15, 0.2) is 46.6 Å². The number of nitrogens with one attached hydrogen (secondary N) is 1. The summed E-state index contributed by atoms with van der Waals surface area (Å²) in [6.07, 6.45) is 2.99. The maximum absolute atomic E-state index is 11.6. The third kappa shape index (κ3) is 2.54. The van der Waals surface area contributed by atoms with Gasteiger partial charge in [0.05, 0.1) is 0 Å². The van der Waals surface area contributed by atoms with Gasteiger partial charge in [0.25, 0.3) is 5.56 Å². The highest BCUT2D eigenvalue weighted by Gasteiger charge is 2.09. The van der Waals surface area contributed by atoms with Crippen molar-refractivity contribution < 1.29 is 5.21 Å². The highest BCUT2D eigenvalue weighted by Crippen LogP contribution is 2.18. The van der Waals surface area contributed by atoms with Gasteiger partial charge in [-0.3, -0.25) is 4.79 Å². The van der Waals surface area contributed by atoms with Crippen LogP contribution in [0.2, 0.25) is 0 Å². The van der Waals surface area contributed by atoms with E-state index in [1.54, 1.807) is 36.2 Å². The van der Waals surface area contributed by atoms with E-state index in [0.717, 1.165) is 5.69 Å². The predicted molar refractivity (Wildman–Crippen MR) is 71.9 cm³/mol. The average molecular weight is 259 g/mol. The number of aromatic amines is 1. The summed E-state index contributed by atoms with van der Waals surface area (Å²) in [5, 5.41) is 11.5. The lowest BCUT2D eigenvalue weighted by atomic mass is 10.2. The van der Waals surface area contributed by atoms with Gasteiger partial charge in [0.15, 0.2) is 11.7 Å². The Hall–Kier alpha value is -2.83. The Kier molecular flexibility index (Phi) is 3.46. The van der Waals surface area contributed by atoms with Gasteiger partial charge in [0.1, 0.15) is 0 Å². The third-order valence-corrected chi connectivity index (χ3v) is 2.66. The number of anilines is 2. The van der Waals surface area contributed by atoms with Crippen molar-refractivity contribution in [2.75, 3.05) is 11.9 Å². The average Bonchev–Trinajstić information content (AvgIpc) is 2.46. The molecule has 0 bridgehead atoms. The number of nitrogens with two attached hydrogens (primary N) is 1. The number of H-pyrrole nitrogens is 1. The van der Waals surface area contributed by atoms with Gasteiger partial charge in [-0.1, -0.05) is 5.16 Å². The second-order valence-corrected chi connectivity index (χ2v) is 3.83. The van der Waals surface area contributed by atoms with E-state index in [-0.39, 0.29) is 11.4 Å². The second-order valence-electron chi connectivity index (χ2n) is 3.83. The van der Waals surface area contributed by atoms with Crippen LogP contribution in [-0.2, 0) is 0 Å². The third-order valence-electron chi connectivity index (χ3n) is 2.66. The highest BCUT2D eigenvalue weighted by atomic mass is 16.4. The molecule has 0 saturated heterocycles. The lowest BCUT2D eigenvalue weighted by Gasteiger charge is -2.17. The van der Waals surface area contributed by atoms with E-state index in [9.17, 15) is 4.79 Å². The Balaban J connectivity index is 2.33. The molecule has 0 aliphatic heterocycles. The lowest BCUT2D eigenvalue weighted by Crippen LogP contribution is -2.22. The molecule has 4 N–H and O–H groups in total. The molecule has 0 radical (unpaired) electrons.